The van der Waals surface area contributed by atoms with Gasteiger partial charge in [-0.05, 0) is 60.5 Å². The summed E-state index contributed by atoms with van der Waals surface area (Å²) < 4.78 is 11.0. The van der Waals surface area contributed by atoms with Gasteiger partial charge in [0.1, 0.15) is 17.3 Å². The van der Waals surface area contributed by atoms with Crippen molar-refractivity contribution in [2.24, 2.45) is 0 Å². The number of hydrogen-bond acceptors (Lipinski definition) is 5. The highest BCUT2D eigenvalue weighted by molar-refractivity contribution is 6.51. The molecule has 1 N–H and O–H groups in total. The smallest absolute Gasteiger partial charge is 0.300 e. The number of aliphatic hydroxyl groups excluding tert-OH is 1. The van der Waals surface area contributed by atoms with Gasteiger partial charge in [-0.15, -0.1) is 0 Å². The molecule has 0 saturated carbocycles. The van der Waals surface area contributed by atoms with Gasteiger partial charge in [0.25, 0.3) is 11.7 Å². The molecule has 168 valence electrons. The SMILES string of the molecule is CCCOc1ccc(/C(O)=C2/C(=O)C(=O)N(c3ccccc3)C2c2cccc(OC)c2)cc1. The van der Waals surface area contributed by atoms with Gasteiger partial charge in [-0.3, -0.25) is 14.5 Å². The Morgan fingerprint density at radius 1 is 0.939 bits per heavy atom. The van der Waals surface area contributed by atoms with E-state index in [2.05, 4.69) is 0 Å². The summed E-state index contributed by atoms with van der Waals surface area (Å²) in [5.41, 5.74) is 1.67. The Morgan fingerprint density at radius 2 is 1.67 bits per heavy atom. The molecule has 3 aromatic carbocycles. The van der Waals surface area contributed by atoms with Crippen LogP contribution in [0.1, 0.15) is 30.5 Å². The minimum atomic E-state index is -0.807. The standard InChI is InChI=1S/C27H25NO5/c1-3-16-33-21-14-12-18(13-15-21)25(29)23-24(19-8-7-11-22(17-19)32-2)28(27(31)26(23)30)20-9-5-4-6-10-20/h4-15,17,24,29H,3,16H2,1-2H3/b25-23-. The fraction of sp³-hybridized carbons (Fsp3) is 0.185. The Hall–Kier alpha value is -4.06. The Bertz CT molecular complexity index is 1180. The summed E-state index contributed by atoms with van der Waals surface area (Å²) in [5.74, 6) is -0.415. The summed E-state index contributed by atoms with van der Waals surface area (Å²) in [4.78, 5) is 27.7. The van der Waals surface area contributed by atoms with E-state index in [-0.39, 0.29) is 11.3 Å². The van der Waals surface area contributed by atoms with Crippen molar-refractivity contribution in [3.8, 4) is 11.5 Å². The third-order valence-corrected chi connectivity index (χ3v) is 5.49. The Morgan fingerprint density at radius 3 is 2.33 bits per heavy atom. The molecule has 0 aliphatic carbocycles. The Kier molecular flexibility index (Phi) is 6.45. The molecule has 33 heavy (non-hydrogen) atoms. The largest absolute Gasteiger partial charge is 0.507 e. The Labute approximate surface area is 192 Å². The third kappa shape index (κ3) is 4.32. The third-order valence-electron chi connectivity index (χ3n) is 5.49. The highest BCUT2D eigenvalue weighted by Crippen LogP contribution is 2.42. The molecular formula is C27H25NO5. The zero-order chi connectivity index (χ0) is 23.4. The van der Waals surface area contributed by atoms with Gasteiger partial charge in [-0.2, -0.15) is 0 Å². The van der Waals surface area contributed by atoms with Crippen LogP contribution in [0.4, 0.5) is 5.69 Å². The number of aliphatic hydroxyl groups is 1. The van der Waals surface area contributed by atoms with Gasteiger partial charge in [0.2, 0.25) is 0 Å². The molecule has 1 fully saturated rings. The number of para-hydroxylation sites is 1. The number of carbonyl (C=O) groups excluding carboxylic acids is 2. The predicted octanol–water partition coefficient (Wildman–Crippen LogP) is 5.11. The van der Waals surface area contributed by atoms with Crippen LogP contribution in [-0.2, 0) is 9.59 Å². The van der Waals surface area contributed by atoms with Crippen LogP contribution in [0.3, 0.4) is 0 Å². The number of ketones is 1. The Balaban J connectivity index is 1.85. The molecule has 1 aliphatic heterocycles. The number of carbonyl (C=O) groups is 2. The molecule has 6 heteroatoms. The molecule has 0 radical (unpaired) electrons. The molecule has 1 amide bonds. The first-order chi connectivity index (χ1) is 16.0. The van der Waals surface area contributed by atoms with Crippen molar-refractivity contribution in [2.45, 2.75) is 19.4 Å². The van der Waals surface area contributed by atoms with E-state index in [1.165, 1.54) is 4.90 Å². The second-order valence-electron chi connectivity index (χ2n) is 7.65. The summed E-state index contributed by atoms with van der Waals surface area (Å²) in [6, 6.07) is 22.1. The lowest BCUT2D eigenvalue weighted by molar-refractivity contribution is -0.132. The van der Waals surface area contributed by atoms with E-state index < -0.39 is 17.7 Å². The van der Waals surface area contributed by atoms with Crippen molar-refractivity contribution in [2.75, 3.05) is 18.6 Å². The second-order valence-corrected chi connectivity index (χ2v) is 7.65. The first kappa shape index (κ1) is 22.1. The molecule has 3 aromatic rings. The quantitative estimate of drug-likeness (QED) is 0.312. The zero-order valence-corrected chi connectivity index (χ0v) is 18.5. The van der Waals surface area contributed by atoms with E-state index in [1.54, 1.807) is 73.8 Å². The molecule has 1 atom stereocenters. The van der Waals surface area contributed by atoms with Gasteiger partial charge in [0, 0.05) is 11.3 Å². The average molecular weight is 443 g/mol. The highest BCUT2D eigenvalue weighted by Gasteiger charge is 2.47. The van der Waals surface area contributed by atoms with Gasteiger partial charge in [-0.1, -0.05) is 37.3 Å². The average Bonchev–Trinajstić information content (AvgIpc) is 3.13. The fourth-order valence-corrected chi connectivity index (χ4v) is 3.90. The molecule has 1 unspecified atom stereocenters. The molecule has 4 rings (SSSR count). The number of amides is 1. The number of rotatable bonds is 7. The van der Waals surface area contributed by atoms with Crippen LogP contribution in [0, 0.1) is 0 Å². The van der Waals surface area contributed by atoms with Crippen LogP contribution < -0.4 is 14.4 Å². The predicted molar refractivity (Wildman–Crippen MR) is 126 cm³/mol. The number of Topliss-reactive ketones (excluding diaryl/α,β-unsaturated/α-hetero) is 1. The maximum atomic E-state index is 13.2. The lowest BCUT2D eigenvalue weighted by Gasteiger charge is -2.25. The molecule has 1 aliphatic rings. The summed E-state index contributed by atoms with van der Waals surface area (Å²) in [6.07, 6.45) is 0.880. The summed E-state index contributed by atoms with van der Waals surface area (Å²) in [6.45, 7) is 2.61. The topological polar surface area (TPSA) is 76.1 Å². The van der Waals surface area contributed by atoms with Crippen molar-refractivity contribution in [1.82, 2.24) is 0 Å². The molecule has 1 saturated heterocycles. The van der Waals surface area contributed by atoms with Crippen LogP contribution in [0.25, 0.3) is 5.76 Å². The molecule has 1 heterocycles. The van der Waals surface area contributed by atoms with Gasteiger partial charge in [-0.25, -0.2) is 0 Å². The van der Waals surface area contributed by atoms with E-state index in [0.717, 1.165) is 6.42 Å². The number of nitrogens with zero attached hydrogens (tertiary/aromatic N) is 1. The number of anilines is 1. The number of benzene rings is 3. The minimum Gasteiger partial charge on any atom is -0.507 e. The monoisotopic (exact) mass is 443 g/mol. The first-order valence-corrected chi connectivity index (χ1v) is 10.8. The molecule has 6 nitrogen and oxygen atoms in total. The van der Waals surface area contributed by atoms with Crippen molar-refractivity contribution >= 4 is 23.1 Å². The second kappa shape index (κ2) is 9.61. The van der Waals surface area contributed by atoms with Gasteiger partial charge in [0.05, 0.1) is 25.3 Å². The first-order valence-electron chi connectivity index (χ1n) is 10.8. The maximum absolute atomic E-state index is 13.2. The molecule has 0 aromatic heterocycles. The maximum Gasteiger partial charge on any atom is 0.300 e. The lowest BCUT2D eigenvalue weighted by atomic mass is 9.95. The van der Waals surface area contributed by atoms with Crippen molar-refractivity contribution in [3.05, 3.63) is 95.6 Å². The fourth-order valence-electron chi connectivity index (χ4n) is 3.90. The van der Waals surface area contributed by atoms with E-state index in [0.29, 0.717) is 34.9 Å². The van der Waals surface area contributed by atoms with Gasteiger partial charge >= 0.3 is 0 Å². The molecule has 0 bridgehead atoms. The van der Waals surface area contributed by atoms with E-state index >= 15 is 0 Å². The summed E-state index contributed by atoms with van der Waals surface area (Å²) >= 11 is 0. The van der Waals surface area contributed by atoms with Crippen molar-refractivity contribution in [3.63, 3.8) is 0 Å². The van der Waals surface area contributed by atoms with Crippen LogP contribution in [0.15, 0.2) is 84.4 Å². The van der Waals surface area contributed by atoms with Crippen molar-refractivity contribution < 1.29 is 24.2 Å². The molecule has 0 spiro atoms. The normalized spacial score (nSPS) is 17.3. The van der Waals surface area contributed by atoms with E-state index in [9.17, 15) is 14.7 Å². The summed E-state index contributed by atoms with van der Waals surface area (Å²) in [5, 5.41) is 11.2. The van der Waals surface area contributed by atoms with Crippen LogP contribution >= 0.6 is 0 Å². The van der Waals surface area contributed by atoms with E-state index in [1.807, 2.05) is 19.1 Å². The summed E-state index contributed by atoms with van der Waals surface area (Å²) in [7, 11) is 1.55. The number of methoxy groups -OCH3 is 1. The van der Waals surface area contributed by atoms with Gasteiger partial charge < -0.3 is 14.6 Å². The number of hydrogen-bond donors (Lipinski definition) is 1. The van der Waals surface area contributed by atoms with Crippen molar-refractivity contribution in [1.29, 1.82) is 0 Å². The minimum absolute atomic E-state index is 0.0272. The van der Waals surface area contributed by atoms with Crippen LogP contribution in [-0.4, -0.2) is 30.5 Å². The molecular weight excluding hydrogens is 418 g/mol. The van der Waals surface area contributed by atoms with Crippen LogP contribution in [0.5, 0.6) is 11.5 Å². The van der Waals surface area contributed by atoms with Gasteiger partial charge in [0.15, 0.2) is 0 Å². The number of ether oxygens (including phenoxy) is 2. The lowest BCUT2D eigenvalue weighted by Crippen LogP contribution is -2.29. The van der Waals surface area contributed by atoms with Crippen LogP contribution in [0.2, 0.25) is 0 Å². The zero-order valence-electron chi connectivity index (χ0n) is 18.5. The van der Waals surface area contributed by atoms with E-state index in [4.69, 9.17) is 9.47 Å². The highest BCUT2D eigenvalue weighted by atomic mass is 16.5.